The Hall–Kier alpha value is -1.14. The lowest BCUT2D eigenvalue weighted by Crippen LogP contribution is -2.54. The second-order valence-corrected chi connectivity index (χ2v) is 5.46. The van der Waals surface area contributed by atoms with Gasteiger partial charge in [0.25, 0.3) is 0 Å². The minimum Gasteiger partial charge on any atom is -0.368 e. The van der Waals surface area contributed by atoms with Crippen molar-refractivity contribution in [2.45, 2.75) is 45.0 Å². The molecule has 6 heteroatoms. The molecule has 2 fully saturated rings. The summed E-state index contributed by atoms with van der Waals surface area (Å²) >= 11 is 0. The molecule has 96 valence electrons. The molecule has 0 aromatic carbocycles. The van der Waals surface area contributed by atoms with Crippen LogP contribution in [-0.4, -0.2) is 41.6 Å². The van der Waals surface area contributed by atoms with Crippen molar-refractivity contribution in [3.63, 3.8) is 0 Å². The summed E-state index contributed by atoms with van der Waals surface area (Å²) in [7, 11) is 0. The average molecular weight is 241 g/mol. The van der Waals surface area contributed by atoms with E-state index in [1.807, 2.05) is 13.8 Å². The van der Waals surface area contributed by atoms with Crippen LogP contribution in [-0.2, 0) is 14.3 Å². The molecule has 2 rings (SSSR count). The lowest BCUT2D eigenvalue weighted by atomic mass is 9.84. The van der Waals surface area contributed by atoms with Crippen molar-refractivity contribution in [1.82, 2.24) is 4.90 Å². The quantitative estimate of drug-likeness (QED) is 0.626. The number of carbonyl (C=O) groups is 2. The van der Waals surface area contributed by atoms with Crippen LogP contribution in [0.3, 0.4) is 0 Å². The van der Waals surface area contributed by atoms with E-state index in [1.54, 1.807) is 0 Å². The van der Waals surface area contributed by atoms with E-state index in [9.17, 15) is 9.59 Å². The monoisotopic (exact) mass is 241 g/mol. The van der Waals surface area contributed by atoms with Gasteiger partial charge in [0.05, 0.1) is 12.6 Å². The SMILES string of the molecule is CC1(C)CC2OCCC(N)C(=O)N2C1C(N)=O. The highest BCUT2D eigenvalue weighted by Gasteiger charge is 2.53. The molecular weight excluding hydrogens is 222 g/mol. The predicted octanol–water partition coefficient (Wildman–Crippen LogP) is -0.827. The molecule has 2 saturated heterocycles. The molecule has 3 unspecified atom stereocenters. The normalized spacial score (nSPS) is 36.5. The maximum atomic E-state index is 12.1. The Morgan fingerprint density at radius 3 is 2.76 bits per heavy atom. The lowest BCUT2D eigenvalue weighted by molar-refractivity contribution is -0.147. The Morgan fingerprint density at radius 1 is 1.53 bits per heavy atom. The molecule has 4 N–H and O–H groups in total. The zero-order valence-electron chi connectivity index (χ0n) is 10.2. The molecule has 3 atom stereocenters. The molecule has 2 amide bonds. The highest BCUT2D eigenvalue weighted by molar-refractivity contribution is 5.90. The van der Waals surface area contributed by atoms with Gasteiger partial charge in [0.2, 0.25) is 11.8 Å². The fourth-order valence-electron chi connectivity index (χ4n) is 2.78. The van der Waals surface area contributed by atoms with Crippen molar-refractivity contribution in [1.29, 1.82) is 0 Å². The number of hydrogen-bond acceptors (Lipinski definition) is 4. The van der Waals surface area contributed by atoms with Gasteiger partial charge in [-0.25, -0.2) is 0 Å². The molecule has 2 aliphatic heterocycles. The number of hydrogen-bond donors (Lipinski definition) is 2. The Balaban J connectivity index is 2.37. The van der Waals surface area contributed by atoms with Crippen LogP contribution in [0.25, 0.3) is 0 Å². The van der Waals surface area contributed by atoms with Crippen molar-refractivity contribution >= 4 is 11.8 Å². The predicted molar refractivity (Wildman–Crippen MR) is 60.6 cm³/mol. The van der Waals surface area contributed by atoms with Crippen molar-refractivity contribution in [3.8, 4) is 0 Å². The smallest absolute Gasteiger partial charge is 0.242 e. The summed E-state index contributed by atoms with van der Waals surface area (Å²) in [6, 6.07) is -1.24. The van der Waals surface area contributed by atoms with Gasteiger partial charge in [0.1, 0.15) is 12.3 Å². The lowest BCUT2D eigenvalue weighted by Gasteiger charge is -2.31. The third kappa shape index (κ3) is 1.91. The van der Waals surface area contributed by atoms with E-state index < -0.39 is 18.0 Å². The number of nitrogens with two attached hydrogens (primary N) is 2. The van der Waals surface area contributed by atoms with Crippen LogP contribution in [0.4, 0.5) is 0 Å². The first kappa shape index (κ1) is 12.3. The molecule has 17 heavy (non-hydrogen) atoms. The van der Waals surface area contributed by atoms with Crippen molar-refractivity contribution in [2.24, 2.45) is 16.9 Å². The third-order valence-electron chi connectivity index (χ3n) is 3.61. The number of rotatable bonds is 1. The molecule has 0 bridgehead atoms. The van der Waals surface area contributed by atoms with Crippen molar-refractivity contribution in [3.05, 3.63) is 0 Å². The van der Waals surface area contributed by atoms with Crippen LogP contribution in [0, 0.1) is 5.41 Å². The summed E-state index contributed by atoms with van der Waals surface area (Å²) in [6.45, 7) is 4.27. The second-order valence-electron chi connectivity index (χ2n) is 5.46. The number of carbonyl (C=O) groups excluding carboxylic acids is 2. The minimum atomic E-state index is -0.635. The maximum absolute atomic E-state index is 12.1. The topological polar surface area (TPSA) is 98.7 Å². The van der Waals surface area contributed by atoms with Gasteiger partial charge in [-0.1, -0.05) is 13.8 Å². The van der Waals surface area contributed by atoms with E-state index in [2.05, 4.69) is 0 Å². The van der Waals surface area contributed by atoms with Crippen LogP contribution in [0.2, 0.25) is 0 Å². The summed E-state index contributed by atoms with van der Waals surface area (Å²) in [4.78, 5) is 25.2. The van der Waals surface area contributed by atoms with Crippen LogP contribution >= 0.6 is 0 Å². The van der Waals surface area contributed by atoms with Gasteiger partial charge in [0, 0.05) is 0 Å². The molecule has 0 aliphatic carbocycles. The molecular formula is C11H19N3O3. The van der Waals surface area contributed by atoms with Gasteiger partial charge in [-0.3, -0.25) is 9.59 Å². The fraction of sp³-hybridized carbons (Fsp3) is 0.818. The Morgan fingerprint density at radius 2 is 2.18 bits per heavy atom. The van der Waals surface area contributed by atoms with Crippen LogP contribution in [0.5, 0.6) is 0 Å². The van der Waals surface area contributed by atoms with Crippen molar-refractivity contribution in [2.75, 3.05) is 6.61 Å². The highest BCUT2D eigenvalue weighted by atomic mass is 16.5. The summed E-state index contributed by atoms with van der Waals surface area (Å²) in [5.41, 5.74) is 10.8. The minimum absolute atomic E-state index is 0.234. The van der Waals surface area contributed by atoms with E-state index in [0.29, 0.717) is 19.4 Å². The summed E-state index contributed by atoms with van der Waals surface area (Å²) in [5, 5.41) is 0. The fourth-order valence-corrected chi connectivity index (χ4v) is 2.78. The average Bonchev–Trinajstić information content (AvgIpc) is 2.40. The Labute approximate surface area is 100 Å². The molecule has 0 saturated carbocycles. The summed E-state index contributed by atoms with van der Waals surface area (Å²) < 4.78 is 5.60. The van der Waals surface area contributed by atoms with Crippen LogP contribution < -0.4 is 11.5 Å². The maximum Gasteiger partial charge on any atom is 0.242 e. The van der Waals surface area contributed by atoms with Gasteiger partial charge in [-0.2, -0.15) is 0 Å². The van der Waals surface area contributed by atoms with Crippen molar-refractivity contribution < 1.29 is 14.3 Å². The molecule has 0 radical (unpaired) electrons. The van der Waals surface area contributed by atoms with E-state index >= 15 is 0 Å². The van der Waals surface area contributed by atoms with Gasteiger partial charge in [0.15, 0.2) is 0 Å². The molecule has 0 aromatic rings. The van der Waals surface area contributed by atoms with Gasteiger partial charge < -0.3 is 21.1 Å². The molecule has 2 aliphatic rings. The number of nitrogens with zero attached hydrogens (tertiary/aromatic N) is 1. The first-order valence-corrected chi connectivity index (χ1v) is 5.83. The zero-order valence-corrected chi connectivity index (χ0v) is 10.2. The molecule has 6 nitrogen and oxygen atoms in total. The number of amides is 2. The first-order chi connectivity index (χ1) is 7.84. The van der Waals surface area contributed by atoms with E-state index in [1.165, 1.54) is 4.90 Å². The van der Waals surface area contributed by atoms with E-state index in [-0.39, 0.29) is 17.6 Å². The van der Waals surface area contributed by atoms with E-state index in [4.69, 9.17) is 16.2 Å². The third-order valence-corrected chi connectivity index (χ3v) is 3.61. The largest absolute Gasteiger partial charge is 0.368 e. The molecule has 0 spiro atoms. The molecule has 0 aromatic heterocycles. The standard InChI is InChI=1S/C11H19N3O3/c1-11(2)5-7-14(8(11)9(13)15)10(16)6(12)3-4-17-7/h6-8H,3-5,12H2,1-2H3,(H2,13,15). The number of fused-ring (bicyclic) bond motifs is 1. The van der Waals surface area contributed by atoms with Crippen LogP contribution in [0.1, 0.15) is 26.7 Å². The summed E-state index contributed by atoms with van der Waals surface area (Å²) in [6.07, 6.45) is 0.722. The first-order valence-electron chi connectivity index (χ1n) is 5.83. The van der Waals surface area contributed by atoms with E-state index in [0.717, 1.165) is 0 Å². The zero-order chi connectivity index (χ0) is 12.8. The Bertz CT molecular complexity index is 356. The second kappa shape index (κ2) is 3.96. The van der Waals surface area contributed by atoms with Gasteiger partial charge in [-0.15, -0.1) is 0 Å². The van der Waals surface area contributed by atoms with Gasteiger partial charge in [-0.05, 0) is 18.3 Å². The Kier molecular flexibility index (Phi) is 2.87. The van der Waals surface area contributed by atoms with Gasteiger partial charge >= 0.3 is 0 Å². The number of ether oxygens (including phenoxy) is 1. The highest BCUT2D eigenvalue weighted by Crippen LogP contribution is 2.41. The number of primary amides is 1. The van der Waals surface area contributed by atoms with Crippen LogP contribution in [0.15, 0.2) is 0 Å². The summed E-state index contributed by atoms with van der Waals surface area (Å²) in [5.74, 6) is -0.731. The molecule has 2 heterocycles.